The maximum atomic E-state index is 13.2. The van der Waals surface area contributed by atoms with Crippen LogP contribution in [0.5, 0.6) is 0 Å². The van der Waals surface area contributed by atoms with Crippen molar-refractivity contribution < 1.29 is 14.8 Å². The number of hydrogen-bond acceptors (Lipinski definition) is 8. The van der Waals surface area contributed by atoms with Crippen LogP contribution >= 0.6 is 0 Å². The number of nitrogens with one attached hydrogen (secondary N) is 2. The molecule has 1 saturated carbocycles. The van der Waals surface area contributed by atoms with Gasteiger partial charge in [-0.3, -0.25) is 19.5 Å². The Morgan fingerprint density at radius 3 is 2.61 bits per heavy atom. The van der Waals surface area contributed by atoms with Crippen LogP contribution in [0.15, 0.2) is 37.1 Å². The van der Waals surface area contributed by atoms with E-state index in [0.717, 1.165) is 18.5 Å². The second-order valence-electron chi connectivity index (χ2n) is 7.20. The molecule has 0 atom stereocenters. The summed E-state index contributed by atoms with van der Waals surface area (Å²) in [6, 6.07) is 3.69. The molecule has 0 spiro atoms. The summed E-state index contributed by atoms with van der Waals surface area (Å²) in [7, 11) is 1.62. The molecule has 0 saturated heterocycles. The van der Waals surface area contributed by atoms with Crippen molar-refractivity contribution in [2.24, 2.45) is 7.05 Å². The van der Waals surface area contributed by atoms with Crippen molar-refractivity contribution in [2.75, 3.05) is 17.2 Å². The molecule has 0 radical (unpaired) electrons. The van der Waals surface area contributed by atoms with Gasteiger partial charge in [-0.05, 0) is 31.9 Å². The SMILES string of the molecule is CCN(O)C(=O)c1nn(C)cc1NC(=O)c1nc(C2CC2)ccc1Nc1cncnc1. The maximum Gasteiger partial charge on any atom is 0.299 e. The summed E-state index contributed by atoms with van der Waals surface area (Å²) in [5.41, 5.74) is 2.21. The van der Waals surface area contributed by atoms with E-state index in [1.165, 1.54) is 17.2 Å². The van der Waals surface area contributed by atoms with Gasteiger partial charge in [0.05, 0.1) is 29.5 Å². The fourth-order valence-corrected chi connectivity index (χ4v) is 3.06. The molecule has 11 heteroatoms. The Morgan fingerprint density at radius 1 is 1.19 bits per heavy atom. The molecule has 3 N–H and O–H groups in total. The van der Waals surface area contributed by atoms with Crippen molar-refractivity contribution in [2.45, 2.75) is 25.7 Å². The lowest BCUT2D eigenvalue weighted by molar-refractivity contribution is -0.0545. The van der Waals surface area contributed by atoms with Crippen molar-refractivity contribution in [3.8, 4) is 0 Å². The van der Waals surface area contributed by atoms with Crippen LogP contribution in [-0.2, 0) is 7.05 Å². The minimum atomic E-state index is -0.710. The average molecular weight is 422 g/mol. The first-order valence-corrected chi connectivity index (χ1v) is 9.85. The fraction of sp³-hybridized carbons (Fsp3) is 0.300. The highest BCUT2D eigenvalue weighted by molar-refractivity contribution is 6.09. The smallest absolute Gasteiger partial charge is 0.299 e. The van der Waals surface area contributed by atoms with Crippen molar-refractivity contribution in [3.05, 3.63) is 54.1 Å². The lowest BCUT2D eigenvalue weighted by Gasteiger charge is -2.14. The third kappa shape index (κ3) is 4.51. The maximum absolute atomic E-state index is 13.2. The number of carbonyl (C=O) groups is 2. The Kier molecular flexibility index (Phi) is 5.58. The Labute approximate surface area is 178 Å². The van der Waals surface area contributed by atoms with E-state index in [9.17, 15) is 14.8 Å². The zero-order valence-corrected chi connectivity index (χ0v) is 17.1. The van der Waals surface area contributed by atoms with E-state index in [-0.39, 0.29) is 23.6 Å². The molecule has 2 amide bonds. The molecular weight excluding hydrogens is 400 g/mol. The number of anilines is 3. The number of aryl methyl sites for hydroxylation is 1. The van der Waals surface area contributed by atoms with Gasteiger partial charge >= 0.3 is 0 Å². The van der Waals surface area contributed by atoms with Gasteiger partial charge in [0.2, 0.25) is 0 Å². The first kappa shape index (κ1) is 20.4. The molecule has 160 valence electrons. The Hall–Kier alpha value is -3.86. The van der Waals surface area contributed by atoms with E-state index in [1.807, 2.05) is 6.07 Å². The number of amides is 2. The number of aromatic nitrogens is 5. The minimum absolute atomic E-state index is 0.0653. The van der Waals surface area contributed by atoms with E-state index < -0.39 is 11.8 Å². The zero-order valence-electron chi connectivity index (χ0n) is 17.1. The van der Waals surface area contributed by atoms with E-state index in [4.69, 9.17) is 0 Å². The third-order valence-electron chi connectivity index (χ3n) is 4.78. The second kappa shape index (κ2) is 8.48. The van der Waals surface area contributed by atoms with Crippen molar-refractivity contribution in [3.63, 3.8) is 0 Å². The molecule has 31 heavy (non-hydrogen) atoms. The van der Waals surface area contributed by atoms with Gasteiger partial charge in [-0.25, -0.2) is 20.0 Å². The van der Waals surface area contributed by atoms with Crippen LogP contribution in [0, 0.1) is 0 Å². The standard InChI is InChI=1S/C20H22N8O3/c1-3-28(31)20(30)18-16(10-27(2)26-18)25-19(29)17-15(23-13-8-21-11-22-9-13)7-6-14(24-17)12-4-5-12/h6-12,23,31H,3-5H2,1-2H3,(H,25,29). The lowest BCUT2D eigenvalue weighted by atomic mass is 10.2. The van der Waals surface area contributed by atoms with Gasteiger partial charge in [-0.1, -0.05) is 0 Å². The molecule has 1 aliphatic rings. The van der Waals surface area contributed by atoms with Crippen molar-refractivity contribution >= 4 is 28.9 Å². The topological polar surface area (TPSA) is 138 Å². The average Bonchev–Trinajstić information content (AvgIpc) is 3.56. The molecule has 11 nitrogen and oxygen atoms in total. The quantitative estimate of drug-likeness (QED) is 0.390. The van der Waals surface area contributed by atoms with Crippen molar-refractivity contribution in [1.82, 2.24) is 29.8 Å². The first-order chi connectivity index (χ1) is 15.0. The van der Waals surface area contributed by atoms with Gasteiger partial charge in [0.15, 0.2) is 11.4 Å². The summed E-state index contributed by atoms with van der Waals surface area (Å²) >= 11 is 0. The second-order valence-corrected chi connectivity index (χ2v) is 7.20. The summed E-state index contributed by atoms with van der Waals surface area (Å²) in [6.07, 6.45) is 8.16. The van der Waals surface area contributed by atoms with Gasteiger partial charge in [0, 0.05) is 31.4 Å². The van der Waals surface area contributed by atoms with Crippen LogP contribution in [0.2, 0.25) is 0 Å². The van der Waals surface area contributed by atoms with E-state index >= 15 is 0 Å². The summed E-state index contributed by atoms with van der Waals surface area (Å²) in [4.78, 5) is 38.1. The molecule has 1 fully saturated rings. The summed E-state index contributed by atoms with van der Waals surface area (Å²) in [6.45, 7) is 1.71. The molecule has 0 aliphatic heterocycles. The van der Waals surface area contributed by atoms with Gasteiger partial charge < -0.3 is 10.6 Å². The van der Waals surface area contributed by atoms with Gasteiger partial charge in [0.25, 0.3) is 11.8 Å². The highest BCUT2D eigenvalue weighted by Gasteiger charge is 2.28. The Bertz CT molecular complexity index is 1110. The van der Waals surface area contributed by atoms with Gasteiger partial charge in [-0.15, -0.1) is 0 Å². The molecule has 4 rings (SSSR count). The molecular formula is C20H22N8O3. The monoisotopic (exact) mass is 422 g/mol. The normalized spacial score (nSPS) is 13.0. The fourth-order valence-electron chi connectivity index (χ4n) is 3.06. The highest BCUT2D eigenvalue weighted by Crippen LogP contribution is 2.39. The summed E-state index contributed by atoms with van der Waals surface area (Å²) in [5.74, 6) is -0.869. The highest BCUT2D eigenvalue weighted by atomic mass is 16.5. The summed E-state index contributed by atoms with van der Waals surface area (Å²) in [5, 5.41) is 20.2. The van der Waals surface area contributed by atoms with Crippen LogP contribution in [0.1, 0.15) is 52.4 Å². The molecule has 3 heterocycles. The largest absolute Gasteiger partial charge is 0.351 e. The predicted molar refractivity (Wildman–Crippen MR) is 111 cm³/mol. The lowest BCUT2D eigenvalue weighted by Crippen LogP contribution is -2.28. The van der Waals surface area contributed by atoms with E-state index in [0.29, 0.717) is 22.4 Å². The Balaban J connectivity index is 1.65. The molecule has 3 aromatic rings. The Morgan fingerprint density at radius 2 is 1.94 bits per heavy atom. The van der Waals surface area contributed by atoms with Crippen molar-refractivity contribution in [1.29, 1.82) is 0 Å². The van der Waals surface area contributed by atoms with Crippen LogP contribution in [-0.4, -0.2) is 53.4 Å². The number of rotatable bonds is 7. The van der Waals surface area contributed by atoms with E-state index in [1.54, 1.807) is 32.4 Å². The molecule has 3 aromatic heterocycles. The zero-order chi connectivity index (χ0) is 22.0. The minimum Gasteiger partial charge on any atom is -0.351 e. The number of pyridine rings is 1. The molecule has 1 aliphatic carbocycles. The van der Waals surface area contributed by atoms with Crippen LogP contribution < -0.4 is 10.6 Å². The van der Waals surface area contributed by atoms with Crippen LogP contribution in [0.3, 0.4) is 0 Å². The number of hydroxylamine groups is 2. The molecule has 0 aromatic carbocycles. The van der Waals surface area contributed by atoms with Crippen LogP contribution in [0.25, 0.3) is 0 Å². The summed E-state index contributed by atoms with van der Waals surface area (Å²) < 4.78 is 1.39. The molecule has 0 bridgehead atoms. The molecule has 0 unspecified atom stereocenters. The number of hydrogen-bond donors (Lipinski definition) is 3. The van der Waals surface area contributed by atoms with E-state index in [2.05, 4.69) is 30.7 Å². The third-order valence-corrected chi connectivity index (χ3v) is 4.78. The number of carbonyl (C=O) groups excluding carboxylic acids is 2. The van der Waals surface area contributed by atoms with Gasteiger partial charge in [0.1, 0.15) is 6.33 Å². The van der Waals surface area contributed by atoms with Gasteiger partial charge in [-0.2, -0.15) is 5.10 Å². The predicted octanol–water partition coefficient (Wildman–Crippen LogP) is 2.33. The first-order valence-electron chi connectivity index (χ1n) is 9.85. The van der Waals surface area contributed by atoms with Crippen LogP contribution in [0.4, 0.5) is 17.1 Å². The number of nitrogens with zero attached hydrogens (tertiary/aromatic N) is 6.